The lowest BCUT2D eigenvalue weighted by Gasteiger charge is -2.26. The van der Waals surface area contributed by atoms with Crippen molar-refractivity contribution in [1.82, 2.24) is 4.98 Å². The van der Waals surface area contributed by atoms with Crippen molar-refractivity contribution in [1.29, 1.82) is 0 Å². The molecule has 0 atom stereocenters. The lowest BCUT2D eigenvalue weighted by Crippen LogP contribution is -2.30. The Labute approximate surface area is 90.9 Å². The number of hydrogen-bond donors (Lipinski definition) is 1. The Morgan fingerprint density at radius 1 is 1.40 bits per heavy atom. The highest BCUT2D eigenvalue weighted by Crippen LogP contribution is 2.32. The highest BCUT2D eigenvalue weighted by Gasteiger charge is 2.28. The van der Waals surface area contributed by atoms with Gasteiger partial charge in [0.25, 0.3) is 0 Å². The molecule has 0 aliphatic heterocycles. The van der Waals surface area contributed by atoms with Gasteiger partial charge in [0.1, 0.15) is 0 Å². The first-order valence-electron chi connectivity index (χ1n) is 5.50. The van der Waals surface area contributed by atoms with Crippen LogP contribution >= 0.6 is 0 Å². The van der Waals surface area contributed by atoms with E-state index in [9.17, 15) is 0 Å². The molecule has 82 valence electrons. The molecule has 0 bridgehead atoms. The topological polar surface area (TPSA) is 34.1 Å². The third-order valence-corrected chi connectivity index (χ3v) is 3.10. The van der Waals surface area contributed by atoms with Crippen molar-refractivity contribution < 1.29 is 4.74 Å². The van der Waals surface area contributed by atoms with Crippen LogP contribution in [0, 0.1) is 0 Å². The van der Waals surface area contributed by atoms with Crippen LogP contribution in [0.2, 0.25) is 0 Å². The van der Waals surface area contributed by atoms with Gasteiger partial charge < -0.3 is 10.1 Å². The molecule has 0 aromatic carbocycles. The summed E-state index contributed by atoms with van der Waals surface area (Å²) in [6, 6.07) is 3.94. The van der Waals surface area contributed by atoms with Crippen molar-refractivity contribution in [2.45, 2.75) is 38.1 Å². The zero-order valence-electron chi connectivity index (χ0n) is 9.42. The fraction of sp³-hybridized carbons (Fsp3) is 0.583. The Morgan fingerprint density at radius 2 is 2.13 bits per heavy atom. The summed E-state index contributed by atoms with van der Waals surface area (Å²) in [7, 11) is 1.64. The van der Waals surface area contributed by atoms with Crippen LogP contribution < -0.4 is 10.1 Å². The van der Waals surface area contributed by atoms with E-state index in [0.29, 0.717) is 5.88 Å². The van der Waals surface area contributed by atoms with Gasteiger partial charge in [-0.25, -0.2) is 4.98 Å². The molecule has 3 heteroatoms. The molecule has 1 fully saturated rings. The van der Waals surface area contributed by atoms with E-state index in [1.54, 1.807) is 13.3 Å². The van der Waals surface area contributed by atoms with Crippen molar-refractivity contribution in [3.8, 4) is 5.88 Å². The third kappa shape index (κ3) is 2.41. The number of methoxy groups -OCH3 is 1. The number of nitrogens with zero attached hydrogens (tertiary/aromatic N) is 1. The van der Waals surface area contributed by atoms with E-state index >= 15 is 0 Å². The van der Waals surface area contributed by atoms with Gasteiger partial charge in [0.2, 0.25) is 5.88 Å². The normalized spacial score (nSPS) is 18.8. The fourth-order valence-electron chi connectivity index (χ4n) is 2.23. The second kappa shape index (κ2) is 4.09. The van der Waals surface area contributed by atoms with Crippen LogP contribution in [0.4, 0.5) is 5.69 Å². The van der Waals surface area contributed by atoms with Gasteiger partial charge in [-0.15, -0.1) is 0 Å². The van der Waals surface area contributed by atoms with Gasteiger partial charge in [-0.2, -0.15) is 0 Å². The summed E-state index contributed by atoms with van der Waals surface area (Å²) < 4.78 is 5.10. The highest BCUT2D eigenvalue weighted by atomic mass is 16.5. The number of rotatable bonds is 3. The van der Waals surface area contributed by atoms with Gasteiger partial charge in [0, 0.05) is 23.5 Å². The first-order valence-corrected chi connectivity index (χ1v) is 5.50. The van der Waals surface area contributed by atoms with Crippen LogP contribution in [-0.4, -0.2) is 17.6 Å². The van der Waals surface area contributed by atoms with Crippen LogP contribution in [0.5, 0.6) is 5.88 Å². The van der Waals surface area contributed by atoms with Gasteiger partial charge >= 0.3 is 0 Å². The Kier molecular flexibility index (Phi) is 2.80. The fourth-order valence-corrected chi connectivity index (χ4v) is 2.23. The van der Waals surface area contributed by atoms with Gasteiger partial charge in [-0.1, -0.05) is 12.8 Å². The minimum atomic E-state index is 0.256. The molecule has 3 nitrogen and oxygen atoms in total. The van der Waals surface area contributed by atoms with E-state index < -0.39 is 0 Å². The molecule has 2 rings (SSSR count). The number of anilines is 1. The SMILES string of the molecule is COc1cc(NC2(C)CCCC2)ccn1. The molecule has 1 heterocycles. The second-order valence-corrected chi connectivity index (χ2v) is 4.48. The quantitative estimate of drug-likeness (QED) is 0.825. The molecular formula is C12H18N2O. The van der Waals surface area contributed by atoms with Gasteiger partial charge in [0.15, 0.2) is 0 Å². The molecular weight excluding hydrogens is 188 g/mol. The minimum Gasteiger partial charge on any atom is -0.481 e. The molecule has 0 radical (unpaired) electrons. The first kappa shape index (κ1) is 10.3. The summed E-state index contributed by atoms with van der Waals surface area (Å²) in [5, 5.41) is 3.57. The maximum atomic E-state index is 5.10. The van der Waals surface area contributed by atoms with Crippen molar-refractivity contribution in [3.05, 3.63) is 18.3 Å². The molecule has 15 heavy (non-hydrogen) atoms. The standard InChI is InChI=1S/C12H18N2O/c1-12(6-3-4-7-12)14-10-5-8-13-11(9-10)15-2/h5,8-9H,3-4,6-7H2,1-2H3,(H,13,14). The third-order valence-electron chi connectivity index (χ3n) is 3.10. The second-order valence-electron chi connectivity index (χ2n) is 4.48. The Balaban J connectivity index is 2.09. The van der Waals surface area contributed by atoms with Crippen molar-refractivity contribution in [3.63, 3.8) is 0 Å². The number of ether oxygens (including phenoxy) is 1. The van der Waals surface area contributed by atoms with Crippen LogP contribution in [0.15, 0.2) is 18.3 Å². The van der Waals surface area contributed by atoms with E-state index in [-0.39, 0.29) is 5.54 Å². The summed E-state index contributed by atoms with van der Waals surface area (Å²) in [4.78, 5) is 4.09. The first-order chi connectivity index (χ1) is 7.22. The molecule has 0 spiro atoms. The van der Waals surface area contributed by atoms with Crippen LogP contribution in [-0.2, 0) is 0 Å². The number of pyridine rings is 1. The number of aromatic nitrogens is 1. The summed E-state index contributed by atoms with van der Waals surface area (Å²) in [6.45, 7) is 2.28. The molecule has 1 aromatic heterocycles. The van der Waals surface area contributed by atoms with Gasteiger partial charge in [0.05, 0.1) is 7.11 Å². The lowest BCUT2D eigenvalue weighted by atomic mass is 10.0. The molecule has 0 saturated heterocycles. The Bertz CT molecular complexity index is 332. The van der Waals surface area contributed by atoms with Crippen molar-refractivity contribution in [2.24, 2.45) is 0 Å². The largest absolute Gasteiger partial charge is 0.481 e. The van der Waals surface area contributed by atoms with Crippen LogP contribution in [0.1, 0.15) is 32.6 Å². The number of nitrogens with one attached hydrogen (secondary N) is 1. The predicted molar refractivity (Wildman–Crippen MR) is 61.3 cm³/mol. The van der Waals surface area contributed by atoms with Crippen molar-refractivity contribution >= 4 is 5.69 Å². The van der Waals surface area contributed by atoms with E-state index in [1.807, 2.05) is 12.1 Å². The van der Waals surface area contributed by atoms with Crippen LogP contribution in [0.25, 0.3) is 0 Å². The summed E-state index contributed by atoms with van der Waals surface area (Å²) in [5.41, 5.74) is 1.36. The molecule has 1 aliphatic carbocycles. The molecule has 1 aromatic rings. The van der Waals surface area contributed by atoms with Crippen molar-refractivity contribution in [2.75, 3.05) is 12.4 Å². The summed E-state index contributed by atoms with van der Waals surface area (Å²) in [5.74, 6) is 0.668. The maximum Gasteiger partial charge on any atom is 0.214 e. The van der Waals surface area contributed by atoms with E-state index in [4.69, 9.17) is 4.74 Å². The van der Waals surface area contributed by atoms with E-state index in [1.165, 1.54) is 25.7 Å². The summed E-state index contributed by atoms with van der Waals surface area (Å²) >= 11 is 0. The smallest absolute Gasteiger partial charge is 0.214 e. The Hall–Kier alpha value is -1.25. The molecule has 1 saturated carbocycles. The average molecular weight is 206 g/mol. The zero-order chi connectivity index (χ0) is 10.7. The van der Waals surface area contributed by atoms with Gasteiger partial charge in [-0.05, 0) is 25.8 Å². The molecule has 0 amide bonds. The molecule has 1 N–H and O–H groups in total. The predicted octanol–water partition coefficient (Wildman–Crippen LogP) is 2.83. The zero-order valence-corrected chi connectivity index (χ0v) is 9.42. The average Bonchev–Trinajstić information content (AvgIpc) is 2.65. The minimum absolute atomic E-state index is 0.256. The maximum absolute atomic E-state index is 5.10. The monoisotopic (exact) mass is 206 g/mol. The molecule has 1 aliphatic rings. The highest BCUT2D eigenvalue weighted by molar-refractivity contribution is 5.47. The van der Waals surface area contributed by atoms with Gasteiger partial charge in [-0.3, -0.25) is 0 Å². The number of hydrogen-bond acceptors (Lipinski definition) is 3. The van der Waals surface area contributed by atoms with E-state index in [2.05, 4.69) is 17.2 Å². The Morgan fingerprint density at radius 3 is 2.80 bits per heavy atom. The lowest BCUT2D eigenvalue weighted by molar-refractivity contribution is 0.398. The van der Waals surface area contributed by atoms with E-state index in [0.717, 1.165) is 5.69 Å². The molecule has 0 unspecified atom stereocenters. The van der Waals surface area contributed by atoms with Crippen LogP contribution in [0.3, 0.4) is 0 Å². The summed E-state index contributed by atoms with van der Waals surface area (Å²) in [6.07, 6.45) is 6.92.